The molecule has 0 aliphatic heterocycles. The van der Waals surface area contributed by atoms with Crippen molar-refractivity contribution in [1.82, 2.24) is 0 Å². The predicted molar refractivity (Wildman–Crippen MR) is 122 cm³/mol. The summed E-state index contributed by atoms with van der Waals surface area (Å²) in [7, 11) is 1.51. The van der Waals surface area contributed by atoms with Gasteiger partial charge in [-0.3, -0.25) is 9.59 Å². The van der Waals surface area contributed by atoms with Gasteiger partial charge in [0.05, 0.1) is 7.11 Å². The molecule has 0 bridgehead atoms. The third-order valence-electron chi connectivity index (χ3n) is 4.95. The molecule has 0 heterocycles. The first-order chi connectivity index (χ1) is 15.9. The second-order valence-electron chi connectivity index (χ2n) is 7.43. The minimum atomic E-state index is -0.875. The highest BCUT2D eigenvalue weighted by atomic mass is 16.5. The highest BCUT2D eigenvalue weighted by molar-refractivity contribution is 5.67. The van der Waals surface area contributed by atoms with Crippen molar-refractivity contribution in [3.05, 3.63) is 83.4 Å². The van der Waals surface area contributed by atoms with Crippen LogP contribution in [0.3, 0.4) is 0 Å². The first kappa shape index (κ1) is 23.7. The van der Waals surface area contributed by atoms with Crippen molar-refractivity contribution < 1.29 is 34.0 Å². The predicted octanol–water partition coefficient (Wildman–Crippen LogP) is 5.10. The number of aryl methyl sites for hydroxylation is 2. The molecule has 0 atom stereocenters. The fraction of sp³-hybridized carbons (Fsp3) is 0.231. The monoisotopic (exact) mass is 450 g/mol. The lowest BCUT2D eigenvalue weighted by atomic mass is 10.1. The maximum atomic E-state index is 11.0. The van der Waals surface area contributed by atoms with Crippen molar-refractivity contribution in [2.75, 3.05) is 7.11 Å². The van der Waals surface area contributed by atoms with E-state index in [2.05, 4.69) is 0 Å². The van der Waals surface area contributed by atoms with Crippen molar-refractivity contribution in [1.29, 1.82) is 0 Å². The molecule has 33 heavy (non-hydrogen) atoms. The number of benzene rings is 3. The number of hydrogen-bond donors (Lipinski definition) is 2. The van der Waals surface area contributed by atoms with Gasteiger partial charge in [0.1, 0.15) is 6.61 Å². The average molecular weight is 450 g/mol. The van der Waals surface area contributed by atoms with Crippen LogP contribution in [-0.2, 0) is 29.0 Å². The van der Waals surface area contributed by atoms with Crippen molar-refractivity contribution in [2.45, 2.75) is 32.3 Å². The van der Waals surface area contributed by atoms with Crippen LogP contribution >= 0.6 is 0 Å². The number of rotatable bonds is 12. The van der Waals surface area contributed by atoms with E-state index in [-0.39, 0.29) is 12.8 Å². The quantitative estimate of drug-likeness (QED) is 0.396. The Bertz CT molecular complexity index is 1090. The Morgan fingerprint density at radius 2 is 1.27 bits per heavy atom. The molecule has 0 aromatic heterocycles. The molecule has 3 aromatic rings. The Morgan fingerprint density at radius 3 is 1.85 bits per heavy atom. The molecule has 0 radical (unpaired) electrons. The number of carbonyl (C=O) groups is 2. The zero-order valence-corrected chi connectivity index (χ0v) is 18.3. The van der Waals surface area contributed by atoms with E-state index in [0.717, 1.165) is 16.7 Å². The Labute approximate surface area is 192 Å². The Balaban J connectivity index is 1.85. The molecular weight excluding hydrogens is 424 g/mol. The summed E-state index contributed by atoms with van der Waals surface area (Å²) in [5.74, 6) is 0.105. The molecular formula is C26H26O7. The van der Waals surface area contributed by atoms with Gasteiger partial charge in [0, 0.05) is 12.8 Å². The Hall–Kier alpha value is -4.00. The number of hydrogen-bond acceptors (Lipinski definition) is 5. The zero-order chi connectivity index (χ0) is 23.6. The zero-order valence-electron chi connectivity index (χ0n) is 18.3. The number of ether oxygens (including phenoxy) is 3. The summed E-state index contributed by atoms with van der Waals surface area (Å²) in [5.41, 5.74) is 2.62. The van der Waals surface area contributed by atoms with E-state index in [1.165, 1.54) is 7.11 Å². The van der Waals surface area contributed by atoms with Gasteiger partial charge in [-0.25, -0.2) is 0 Å². The summed E-state index contributed by atoms with van der Waals surface area (Å²) in [6, 6.07) is 20.3. The third-order valence-corrected chi connectivity index (χ3v) is 4.95. The summed E-state index contributed by atoms with van der Waals surface area (Å²) in [4.78, 5) is 21.8. The highest BCUT2D eigenvalue weighted by Gasteiger charge is 2.14. The lowest BCUT2D eigenvalue weighted by Crippen LogP contribution is -2.01. The first-order valence-electron chi connectivity index (χ1n) is 10.5. The van der Waals surface area contributed by atoms with E-state index in [4.69, 9.17) is 24.4 Å². The van der Waals surface area contributed by atoms with Crippen LogP contribution in [-0.4, -0.2) is 29.3 Å². The minimum Gasteiger partial charge on any atom is -0.493 e. The second kappa shape index (κ2) is 11.6. The van der Waals surface area contributed by atoms with Gasteiger partial charge in [-0.2, -0.15) is 0 Å². The van der Waals surface area contributed by atoms with Gasteiger partial charge in [0.2, 0.25) is 0 Å². The lowest BCUT2D eigenvalue weighted by molar-refractivity contribution is -0.138. The average Bonchev–Trinajstić information content (AvgIpc) is 2.82. The molecule has 0 amide bonds. The Morgan fingerprint density at radius 1 is 0.697 bits per heavy atom. The van der Waals surface area contributed by atoms with Gasteiger partial charge in [-0.1, -0.05) is 42.5 Å². The fourth-order valence-electron chi connectivity index (χ4n) is 3.22. The fourth-order valence-corrected chi connectivity index (χ4v) is 3.22. The third kappa shape index (κ3) is 7.28. The summed E-state index contributed by atoms with van der Waals surface area (Å²) < 4.78 is 17.6. The maximum Gasteiger partial charge on any atom is 0.303 e. The van der Waals surface area contributed by atoms with Gasteiger partial charge < -0.3 is 24.4 Å². The minimum absolute atomic E-state index is 0.00521. The molecule has 7 nitrogen and oxygen atoms in total. The van der Waals surface area contributed by atoms with Gasteiger partial charge >= 0.3 is 11.9 Å². The molecule has 0 saturated heterocycles. The molecule has 7 heteroatoms. The van der Waals surface area contributed by atoms with Gasteiger partial charge in [0.15, 0.2) is 23.0 Å². The van der Waals surface area contributed by atoms with Gasteiger partial charge in [-0.15, -0.1) is 0 Å². The van der Waals surface area contributed by atoms with E-state index < -0.39 is 11.9 Å². The van der Waals surface area contributed by atoms with Crippen molar-refractivity contribution in [3.63, 3.8) is 0 Å². The Kier molecular flexibility index (Phi) is 8.30. The van der Waals surface area contributed by atoms with E-state index in [1.54, 1.807) is 30.3 Å². The highest BCUT2D eigenvalue weighted by Crippen LogP contribution is 2.38. The molecule has 0 aliphatic rings. The maximum absolute atomic E-state index is 11.0. The molecule has 3 aromatic carbocycles. The van der Waals surface area contributed by atoms with Crippen LogP contribution in [0.15, 0.2) is 66.7 Å². The number of aliphatic carboxylic acids is 2. The standard InChI is InChI=1S/C26H26O7/c1-31-23-15-18(9-13-25(27)28)8-12-22(23)33-24-16-19(10-14-26(29)30)7-11-21(24)32-17-20-5-3-2-4-6-20/h2-8,11-12,15-16H,9-10,13-14,17H2,1H3,(H,27,28)(H,29,30). The number of carboxylic acid groups (broad SMARTS) is 2. The van der Waals surface area contributed by atoms with Crippen LogP contribution in [0.2, 0.25) is 0 Å². The van der Waals surface area contributed by atoms with Gasteiger partial charge in [-0.05, 0) is 53.8 Å². The molecule has 3 rings (SSSR count). The van der Waals surface area contributed by atoms with Crippen LogP contribution < -0.4 is 14.2 Å². The van der Waals surface area contributed by atoms with Crippen LogP contribution in [0.25, 0.3) is 0 Å². The molecule has 172 valence electrons. The summed E-state index contributed by atoms with van der Waals surface area (Å²) in [5, 5.41) is 17.9. The van der Waals surface area contributed by atoms with E-state index in [9.17, 15) is 9.59 Å². The molecule has 0 aliphatic carbocycles. The molecule has 0 fully saturated rings. The van der Waals surface area contributed by atoms with Crippen molar-refractivity contribution in [2.24, 2.45) is 0 Å². The topological polar surface area (TPSA) is 102 Å². The van der Waals surface area contributed by atoms with E-state index >= 15 is 0 Å². The number of carboxylic acids is 2. The molecule has 0 saturated carbocycles. The summed E-state index contributed by atoms with van der Waals surface area (Å²) in [6.07, 6.45) is 0.760. The molecule has 2 N–H and O–H groups in total. The molecule has 0 unspecified atom stereocenters. The summed E-state index contributed by atoms with van der Waals surface area (Å²) >= 11 is 0. The normalized spacial score (nSPS) is 10.5. The van der Waals surface area contributed by atoms with Crippen LogP contribution in [0.5, 0.6) is 23.0 Å². The smallest absolute Gasteiger partial charge is 0.303 e. The number of methoxy groups -OCH3 is 1. The van der Waals surface area contributed by atoms with E-state index in [1.807, 2.05) is 36.4 Å². The van der Waals surface area contributed by atoms with Crippen molar-refractivity contribution in [3.8, 4) is 23.0 Å². The van der Waals surface area contributed by atoms with Crippen LogP contribution in [0.1, 0.15) is 29.5 Å². The lowest BCUT2D eigenvalue weighted by Gasteiger charge is -2.16. The summed E-state index contributed by atoms with van der Waals surface area (Å²) in [6.45, 7) is 0.344. The van der Waals surface area contributed by atoms with Crippen molar-refractivity contribution >= 4 is 11.9 Å². The van der Waals surface area contributed by atoms with Crippen LogP contribution in [0.4, 0.5) is 0 Å². The first-order valence-corrected chi connectivity index (χ1v) is 10.5. The van der Waals surface area contributed by atoms with E-state index in [0.29, 0.717) is 42.4 Å². The second-order valence-corrected chi connectivity index (χ2v) is 7.43. The SMILES string of the molecule is COc1cc(CCC(=O)O)ccc1Oc1cc(CCC(=O)O)ccc1OCc1ccccc1. The molecule has 0 spiro atoms. The van der Waals surface area contributed by atoms with Gasteiger partial charge in [0.25, 0.3) is 0 Å². The van der Waals surface area contributed by atoms with Crippen LogP contribution in [0, 0.1) is 0 Å². The largest absolute Gasteiger partial charge is 0.493 e.